The van der Waals surface area contributed by atoms with Crippen molar-refractivity contribution in [3.05, 3.63) is 35.4 Å². The van der Waals surface area contributed by atoms with Gasteiger partial charge in [0.25, 0.3) is 5.91 Å². The normalized spacial score (nSPS) is 11.7. The van der Waals surface area contributed by atoms with E-state index in [1.165, 1.54) is 21.1 Å². The number of amides is 1. The predicted molar refractivity (Wildman–Crippen MR) is 121 cm³/mol. The molecule has 9 nitrogen and oxygen atoms in total. The second-order valence-electron chi connectivity index (χ2n) is 6.40. The SMILES string of the molecule is CCOc1cc(N=NC(C(C)=O)C(=O)Nc2c(OC)ccc(Cl)c2OC)cc(OCC)c1. The quantitative estimate of drug-likeness (QED) is 0.377. The minimum Gasteiger partial charge on any atom is -0.494 e. The Morgan fingerprint density at radius 1 is 1.03 bits per heavy atom. The molecule has 32 heavy (non-hydrogen) atoms. The highest BCUT2D eigenvalue weighted by Crippen LogP contribution is 2.40. The van der Waals surface area contributed by atoms with Crippen LogP contribution in [0.4, 0.5) is 11.4 Å². The molecular weight excluding hydrogens is 438 g/mol. The predicted octanol–water partition coefficient (Wildman–Crippen LogP) is 4.83. The highest BCUT2D eigenvalue weighted by Gasteiger charge is 2.26. The van der Waals surface area contributed by atoms with Gasteiger partial charge in [-0.1, -0.05) is 11.6 Å². The van der Waals surface area contributed by atoms with Crippen LogP contribution in [0.1, 0.15) is 20.8 Å². The van der Waals surface area contributed by atoms with Crippen molar-refractivity contribution in [2.75, 3.05) is 32.8 Å². The third-order valence-corrected chi connectivity index (χ3v) is 4.45. The highest BCUT2D eigenvalue weighted by molar-refractivity contribution is 6.33. The van der Waals surface area contributed by atoms with Gasteiger partial charge in [0, 0.05) is 18.2 Å². The van der Waals surface area contributed by atoms with Crippen molar-refractivity contribution in [1.82, 2.24) is 0 Å². The number of nitrogens with zero attached hydrogens (tertiary/aromatic N) is 2. The Bertz CT molecular complexity index is 972. The van der Waals surface area contributed by atoms with Gasteiger partial charge in [0.2, 0.25) is 6.04 Å². The summed E-state index contributed by atoms with van der Waals surface area (Å²) in [5, 5.41) is 10.9. The average molecular weight is 464 g/mol. The first-order valence-electron chi connectivity index (χ1n) is 9.87. The van der Waals surface area contributed by atoms with E-state index in [1.807, 2.05) is 13.8 Å². The molecule has 1 unspecified atom stereocenters. The van der Waals surface area contributed by atoms with Gasteiger partial charge < -0.3 is 24.3 Å². The molecule has 0 radical (unpaired) electrons. The zero-order valence-electron chi connectivity index (χ0n) is 18.6. The Kier molecular flexibility index (Phi) is 9.27. The number of halogens is 1. The first-order chi connectivity index (χ1) is 15.3. The topological polar surface area (TPSA) is 108 Å². The van der Waals surface area contributed by atoms with Crippen LogP contribution in [0.15, 0.2) is 40.6 Å². The second kappa shape index (κ2) is 11.9. The van der Waals surface area contributed by atoms with Gasteiger partial charge >= 0.3 is 0 Å². The van der Waals surface area contributed by atoms with E-state index in [1.54, 1.807) is 30.3 Å². The van der Waals surface area contributed by atoms with Crippen LogP contribution in [0.25, 0.3) is 0 Å². The van der Waals surface area contributed by atoms with E-state index in [2.05, 4.69) is 15.5 Å². The number of ether oxygens (including phenoxy) is 4. The molecule has 1 amide bonds. The summed E-state index contributed by atoms with van der Waals surface area (Å²) in [6.45, 7) is 5.85. The van der Waals surface area contributed by atoms with Crippen molar-refractivity contribution in [2.24, 2.45) is 10.2 Å². The maximum Gasteiger partial charge on any atom is 0.259 e. The first kappa shape index (κ1) is 24.9. The number of hydrogen-bond donors (Lipinski definition) is 1. The fraction of sp³-hybridized carbons (Fsp3) is 0.364. The Hall–Kier alpha value is -3.33. The molecule has 2 aromatic carbocycles. The van der Waals surface area contributed by atoms with Crippen LogP contribution in [-0.4, -0.2) is 45.2 Å². The van der Waals surface area contributed by atoms with E-state index >= 15 is 0 Å². The lowest BCUT2D eigenvalue weighted by Gasteiger charge is -2.16. The van der Waals surface area contributed by atoms with E-state index in [0.29, 0.717) is 36.1 Å². The molecule has 0 heterocycles. The summed E-state index contributed by atoms with van der Waals surface area (Å²) in [4.78, 5) is 25.0. The van der Waals surface area contributed by atoms with E-state index < -0.39 is 17.7 Å². The molecule has 0 saturated heterocycles. The van der Waals surface area contributed by atoms with Gasteiger partial charge in [0.05, 0.1) is 38.1 Å². The van der Waals surface area contributed by atoms with Crippen molar-refractivity contribution in [3.8, 4) is 23.0 Å². The minimum atomic E-state index is -1.41. The number of Topliss-reactive ketones (excluding diaryl/α,β-unsaturated/α-hetero) is 1. The van der Waals surface area contributed by atoms with Crippen molar-refractivity contribution >= 4 is 34.7 Å². The molecule has 2 aromatic rings. The number of carbonyl (C=O) groups excluding carboxylic acids is 2. The monoisotopic (exact) mass is 463 g/mol. The van der Waals surface area contributed by atoms with Crippen LogP contribution in [0.2, 0.25) is 5.02 Å². The molecule has 0 aliphatic heterocycles. The summed E-state index contributed by atoms with van der Waals surface area (Å²) in [7, 11) is 2.83. The highest BCUT2D eigenvalue weighted by atomic mass is 35.5. The molecule has 172 valence electrons. The summed E-state index contributed by atoms with van der Waals surface area (Å²) >= 11 is 6.14. The van der Waals surface area contributed by atoms with Gasteiger partial charge in [-0.3, -0.25) is 9.59 Å². The van der Waals surface area contributed by atoms with Crippen LogP contribution < -0.4 is 24.3 Å². The molecule has 10 heteroatoms. The largest absolute Gasteiger partial charge is 0.494 e. The lowest BCUT2D eigenvalue weighted by molar-refractivity contribution is -0.126. The van der Waals surface area contributed by atoms with Crippen LogP contribution in [0.3, 0.4) is 0 Å². The number of benzene rings is 2. The molecule has 0 aliphatic carbocycles. The van der Waals surface area contributed by atoms with Crippen molar-refractivity contribution in [3.63, 3.8) is 0 Å². The number of azo groups is 1. The number of anilines is 1. The molecule has 0 fully saturated rings. The Morgan fingerprint density at radius 2 is 1.66 bits per heavy atom. The summed E-state index contributed by atoms with van der Waals surface area (Å²) in [6.07, 6.45) is 0. The Balaban J connectivity index is 2.34. The third kappa shape index (κ3) is 6.34. The number of carbonyl (C=O) groups is 2. The number of rotatable bonds is 11. The zero-order valence-corrected chi connectivity index (χ0v) is 19.4. The lowest BCUT2D eigenvalue weighted by atomic mass is 10.2. The lowest BCUT2D eigenvalue weighted by Crippen LogP contribution is -2.32. The molecule has 0 aliphatic rings. The smallest absolute Gasteiger partial charge is 0.259 e. The van der Waals surface area contributed by atoms with Gasteiger partial charge in [-0.25, -0.2) is 0 Å². The summed E-state index contributed by atoms with van der Waals surface area (Å²) in [5.74, 6) is 0.353. The van der Waals surface area contributed by atoms with Crippen molar-refractivity contribution in [2.45, 2.75) is 26.8 Å². The number of methoxy groups -OCH3 is 2. The van der Waals surface area contributed by atoms with Crippen LogP contribution in [0.5, 0.6) is 23.0 Å². The fourth-order valence-electron chi connectivity index (χ4n) is 2.78. The molecule has 0 spiro atoms. The van der Waals surface area contributed by atoms with Crippen LogP contribution in [-0.2, 0) is 9.59 Å². The number of ketones is 1. The summed E-state index contributed by atoms with van der Waals surface area (Å²) in [6, 6.07) is 6.72. The summed E-state index contributed by atoms with van der Waals surface area (Å²) in [5.41, 5.74) is 0.558. The molecule has 2 rings (SSSR count). The van der Waals surface area contributed by atoms with E-state index in [9.17, 15) is 9.59 Å². The molecule has 1 N–H and O–H groups in total. The van der Waals surface area contributed by atoms with Gasteiger partial charge in [-0.15, -0.1) is 0 Å². The standard InChI is InChI=1S/C22H26ClN3O6/c1-6-31-15-10-14(11-16(12-15)32-7-2)25-26-19(13(3)27)22(28)24-20-18(29-4)9-8-17(23)21(20)30-5/h8-12,19H,6-7H2,1-5H3,(H,24,28). The third-order valence-electron chi connectivity index (χ3n) is 4.15. The maximum absolute atomic E-state index is 12.9. The van der Waals surface area contributed by atoms with Gasteiger partial charge in [0.15, 0.2) is 11.5 Å². The van der Waals surface area contributed by atoms with E-state index in [-0.39, 0.29) is 16.5 Å². The van der Waals surface area contributed by atoms with Crippen molar-refractivity contribution in [1.29, 1.82) is 0 Å². The van der Waals surface area contributed by atoms with Gasteiger partial charge in [-0.05, 0) is 32.9 Å². The van der Waals surface area contributed by atoms with E-state index in [4.69, 9.17) is 30.5 Å². The zero-order chi connectivity index (χ0) is 23.7. The first-order valence-corrected chi connectivity index (χ1v) is 10.3. The fourth-order valence-corrected chi connectivity index (χ4v) is 3.01. The molecule has 1 atom stereocenters. The number of hydrogen-bond acceptors (Lipinski definition) is 8. The number of nitrogens with one attached hydrogen (secondary N) is 1. The maximum atomic E-state index is 12.9. The van der Waals surface area contributed by atoms with Crippen molar-refractivity contribution < 1.29 is 28.5 Å². The van der Waals surface area contributed by atoms with Gasteiger partial charge in [-0.2, -0.15) is 10.2 Å². The Morgan fingerprint density at radius 3 is 2.16 bits per heavy atom. The second-order valence-corrected chi connectivity index (χ2v) is 6.81. The van der Waals surface area contributed by atoms with Crippen LogP contribution >= 0.6 is 11.6 Å². The van der Waals surface area contributed by atoms with Gasteiger partial charge in [0.1, 0.15) is 22.9 Å². The molecule has 0 saturated carbocycles. The Labute approximate surface area is 191 Å². The van der Waals surface area contributed by atoms with Crippen LogP contribution in [0, 0.1) is 0 Å². The minimum absolute atomic E-state index is 0.186. The summed E-state index contributed by atoms with van der Waals surface area (Å²) < 4.78 is 21.5. The molecule has 0 aromatic heterocycles. The average Bonchev–Trinajstić information content (AvgIpc) is 2.74. The molecule has 0 bridgehead atoms. The van der Waals surface area contributed by atoms with E-state index in [0.717, 1.165) is 0 Å². The molecular formula is C22H26ClN3O6.